The number of primary amides is 4. The summed E-state index contributed by atoms with van der Waals surface area (Å²) in [5, 5.41) is 38.0. The van der Waals surface area contributed by atoms with Crippen LogP contribution in [0, 0.1) is 0 Å². The van der Waals surface area contributed by atoms with E-state index in [0.717, 1.165) is 145 Å². The minimum absolute atomic E-state index is 0.440. The van der Waals surface area contributed by atoms with E-state index in [9.17, 15) is 58.8 Å². The molecule has 188 valence electrons. The number of carboxylic acids is 4. The minimum Gasteiger partial charge on any atom is -0.550 e. The molecule has 36 heavy (non-hydrogen) atoms. The van der Waals surface area contributed by atoms with Crippen LogP contribution in [-0.2, 0) is 19.2 Å². The molecule has 0 atom stereocenters. The van der Waals surface area contributed by atoms with Gasteiger partial charge in [-0.25, -0.2) is 0 Å². The Bertz CT molecular complexity index is 575. The van der Waals surface area contributed by atoms with Gasteiger partial charge in [0.1, 0.15) is 0 Å². The summed E-state index contributed by atoms with van der Waals surface area (Å²) in [7, 11) is 0. The van der Waals surface area contributed by atoms with Gasteiger partial charge in [-0.15, -0.1) is 0 Å². The van der Waals surface area contributed by atoms with Crippen molar-refractivity contribution in [1.29, 1.82) is 0 Å². The molecule has 0 heterocycles. The van der Waals surface area contributed by atoms with Crippen LogP contribution in [0.25, 0.3) is 0 Å². The summed E-state index contributed by atoms with van der Waals surface area (Å²) >= 11 is 2.93. The van der Waals surface area contributed by atoms with Crippen LogP contribution in [0.5, 0.6) is 0 Å². The summed E-state index contributed by atoms with van der Waals surface area (Å²) in [4.78, 5) is 76.0. The number of amides is 8. The van der Waals surface area contributed by atoms with Gasteiger partial charge in [-0.1, -0.05) is 0 Å². The Balaban J connectivity index is -0.0000000762. The molecule has 12 N–H and O–H groups in total. The Kier molecular flexibility index (Phi) is 53.8. The first-order valence-electron chi connectivity index (χ1n) is 8.43. The SMILES string of the molecule is NC(=O)[NH][Ca+].NC(=O)[NH][Ca+].NC(=O)[NH][Ca+].NC(=O)[NH][Ca+].O=C([O-])CCC(=O)[O-].O=C([O-])CCC(=O)[O-]. The topological polar surface area (TPSA) is 381 Å². The largest absolute Gasteiger partial charge is 0.550 e. The fraction of sp³-hybridized carbons (Fsp3) is 0.333. The zero-order valence-corrected chi connectivity index (χ0v) is 27.7. The molecular weight excluding hydrogens is 608 g/mol. The second-order valence-corrected chi connectivity index (χ2v) is 6.86. The van der Waals surface area contributed by atoms with Crippen LogP contribution < -0.4 is 50.6 Å². The molecular formula is C12H20Ca4N8O12. The first-order valence-corrected chi connectivity index (χ1v) is 12.8. The number of carbonyl (C=O) groups is 8. The molecule has 0 aliphatic heterocycles. The van der Waals surface area contributed by atoms with E-state index in [-0.39, 0.29) is 0 Å². The van der Waals surface area contributed by atoms with Crippen LogP contribution in [0.15, 0.2) is 0 Å². The molecule has 0 bridgehead atoms. The minimum atomic E-state index is -1.37. The first kappa shape index (κ1) is 49.0. The molecule has 0 unspecified atom stereocenters. The Labute approximate surface area is 301 Å². The molecule has 0 saturated heterocycles. The van der Waals surface area contributed by atoms with Crippen molar-refractivity contribution >= 4 is 193 Å². The van der Waals surface area contributed by atoms with E-state index in [0.29, 0.717) is 0 Å². The van der Waals surface area contributed by atoms with Gasteiger partial charge in [0.15, 0.2) is 0 Å². The molecule has 0 aromatic rings. The van der Waals surface area contributed by atoms with E-state index in [4.69, 9.17) is 0 Å². The number of carbonyl (C=O) groups excluding carboxylic acids is 8. The Morgan fingerprint density at radius 1 is 0.417 bits per heavy atom. The molecule has 0 rings (SSSR count). The third kappa shape index (κ3) is 114. The molecule has 20 nitrogen and oxygen atoms in total. The zero-order valence-electron chi connectivity index (χ0n) is 18.9. The Morgan fingerprint density at radius 2 is 0.500 bits per heavy atom. The van der Waals surface area contributed by atoms with Gasteiger partial charge in [-0.05, 0) is 25.7 Å². The second kappa shape index (κ2) is 39.5. The van der Waals surface area contributed by atoms with E-state index < -0.39 is 73.7 Å². The van der Waals surface area contributed by atoms with Crippen LogP contribution in [0.2, 0.25) is 0 Å². The Hall–Kier alpha value is -0.00104. The second-order valence-electron chi connectivity index (χ2n) is 4.65. The van der Waals surface area contributed by atoms with Crippen molar-refractivity contribution in [2.75, 3.05) is 0 Å². The van der Waals surface area contributed by atoms with Gasteiger partial charge in [0.2, 0.25) is 0 Å². The van der Waals surface area contributed by atoms with Crippen molar-refractivity contribution in [3.8, 4) is 0 Å². The van der Waals surface area contributed by atoms with E-state index in [2.05, 4.69) is 30.2 Å². The number of carboxylic acid groups (broad SMARTS) is 4. The van der Waals surface area contributed by atoms with Crippen molar-refractivity contribution in [2.45, 2.75) is 25.7 Å². The van der Waals surface area contributed by atoms with Gasteiger partial charge in [-0.2, -0.15) is 0 Å². The number of aliphatic carboxylic acids is 4. The standard InChI is InChI=1S/2C4H6O4.4CH4N2O.4Ca/c2*5-3(6)1-2-4(7)8;4*2-1(3)4;;;;/h2*1-2H2,(H,5,6)(H,7,8);4*(H4,2,3,4);;;;/q;;;;;;4*+2/p-8. The predicted molar refractivity (Wildman–Crippen MR) is 112 cm³/mol. The maximum absolute atomic E-state index is 9.51. The van der Waals surface area contributed by atoms with E-state index in [1.807, 2.05) is 0 Å². The number of urea groups is 4. The van der Waals surface area contributed by atoms with Crippen molar-refractivity contribution in [3.63, 3.8) is 0 Å². The van der Waals surface area contributed by atoms with E-state index in [1.54, 1.807) is 0 Å². The molecule has 0 aliphatic carbocycles. The molecule has 0 aliphatic rings. The average Bonchev–Trinajstić information content (AvgIpc) is 2.78. The van der Waals surface area contributed by atoms with Crippen molar-refractivity contribution in [2.24, 2.45) is 22.9 Å². The maximum atomic E-state index is 9.51. The summed E-state index contributed by atoms with van der Waals surface area (Å²) in [6.45, 7) is 0. The fourth-order valence-electron chi connectivity index (χ4n) is 0.408. The molecule has 0 aromatic heterocycles. The Morgan fingerprint density at radius 3 is 0.528 bits per heavy atom. The molecule has 0 spiro atoms. The number of hydrogen-bond acceptors (Lipinski definition) is 12. The molecule has 0 radical (unpaired) electrons. The average molecular weight is 629 g/mol. The third-order valence-electron chi connectivity index (χ3n) is 1.76. The molecule has 0 fully saturated rings. The van der Waals surface area contributed by atoms with Crippen LogP contribution in [0.4, 0.5) is 19.2 Å². The first-order chi connectivity index (χ1) is 16.3. The van der Waals surface area contributed by atoms with E-state index in [1.165, 1.54) is 0 Å². The van der Waals surface area contributed by atoms with Crippen molar-refractivity contribution in [1.82, 2.24) is 7.22 Å². The predicted octanol–water partition coefficient (Wildman–Crippen LogP) is -10.5. The molecule has 0 saturated carbocycles. The quantitative estimate of drug-likeness (QED) is 0.127. The summed E-state index contributed by atoms with van der Waals surface area (Å²) < 4.78 is 9.17. The van der Waals surface area contributed by atoms with E-state index >= 15 is 0 Å². The molecule has 8 amide bonds. The maximum Gasteiger partial charge on any atom is 0.0418 e. The normalized spacial score (nSPS) is 7.56. The van der Waals surface area contributed by atoms with Crippen LogP contribution in [0.1, 0.15) is 25.7 Å². The van der Waals surface area contributed by atoms with Crippen molar-refractivity contribution in [3.05, 3.63) is 0 Å². The number of rotatable bonds is 6. The number of nitrogens with two attached hydrogens (primary N) is 4. The zero-order chi connectivity index (χ0) is 30.3. The summed E-state index contributed by atoms with van der Waals surface area (Å²) in [5.41, 5.74) is 18.3. The summed E-state index contributed by atoms with van der Waals surface area (Å²) in [5.74, 6) is -5.47. The van der Waals surface area contributed by atoms with Gasteiger partial charge in [0.25, 0.3) is 0 Å². The van der Waals surface area contributed by atoms with Crippen LogP contribution in [0.3, 0.4) is 0 Å². The smallest absolute Gasteiger partial charge is 0.0418 e. The van der Waals surface area contributed by atoms with Gasteiger partial charge in [-0.3, -0.25) is 0 Å². The molecule has 0 aromatic carbocycles. The van der Waals surface area contributed by atoms with Gasteiger partial charge in [0, 0.05) is 23.9 Å². The monoisotopic (exact) mass is 628 g/mol. The van der Waals surface area contributed by atoms with Gasteiger partial charge < -0.3 is 39.6 Å². The molecule has 24 heteroatoms. The summed E-state index contributed by atoms with van der Waals surface area (Å²) in [6, 6.07) is -1.76. The van der Waals surface area contributed by atoms with Crippen LogP contribution >= 0.6 is 0 Å². The van der Waals surface area contributed by atoms with Crippen molar-refractivity contribution < 1.29 is 58.8 Å². The summed E-state index contributed by atoms with van der Waals surface area (Å²) in [6.07, 6.45) is -1.88. The van der Waals surface area contributed by atoms with Gasteiger partial charge in [0.05, 0.1) is 0 Å². The van der Waals surface area contributed by atoms with Gasteiger partial charge >= 0.3 is 218 Å². The number of nitrogens with one attached hydrogen (secondary N) is 4. The van der Waals surface area contributed by atoms with Crippen LogP contribution in [-0.4, -0.2) is 193 Å². The third-order valence-corrected chi connectivity index (χ3v) is 3.94. The fourth-order valence-corrected chi connectivity index (χ4v) is 0.408. The number of hydrogen-bond donors (Lipinski definition) is 8.